The molecule has 0 aromatic heterocycles. The smallest absolute Gasteiger partial charge is 0.156 e. The highest BCUT2D eigenvalue weighted by Gasteiger charge is 2.41. The van der Waals surface area contributed by atoms with Crippen molar-refractivity contribution in [3.05, 3.63) is 29.3 Å². The first kappa shape index (κ1) is 14.6. The van der Waals surface area contributed by atoms with Crippen molar-refractivity contribution in [3.8, 4) is 5.75 Å². The minimum atomic E-state index is -0.0296. The summed E-state index contributed by atoms with van der Waals surface area (Å²) in [6.07, 6.45) is 2.08. The van der Waals surface area contributed by atoms with Gasteiger partial charge in [-0.15, -0.1) is 0 Å². The summed E-state index contributed by atoms with van der Waals surface area (Å²) in [5.74, 6) is 2.05. The van der Waals surface area contributed by atoms with E-state index in [0.29, 0.717) is 18.3 Å². The molecular weight excluding hydrogens is 262 g/mol. The van der Waals surface area contributed by atoms with Gasteiger partial charge in [-0.25, -0.2) is 0 Å². The van der Waals surface area contributed by atoms with Crippen LogP contribution in [0.2, 0.25) is 0 Å². The van der Waals surface area contributed by atoms with Crippen LogP contribution in [0.5, 0.6) is 5.75 Å². The van der Waals surface area contributed by atoms with Crippen LogP contribution in [0.15, 0.2) is 18.2 Å². The summed E-state index contributed by atoms with van der Waals surface area (Å²) < 4.78 is 6.08. The van der Waals surface area contributed by atoms with Crippen molar-refractivity contribution in [2.75, 3.05) is 19.7 Å². The monoisotopic (exact) mass is 287 g/mol. The molecule has 3 saturated heterocycles. The zero-order chi connectivity index (χ0) is 15.0. The number of rotatable bonds is 4. The first-order valence-electron chi connectivity index (χ1n) is 8.07. The van der Waals surface area contributed by atoms with Gasteiger partial charge in [0.1, 0.15) is 18.4 Å². The highest BCUT2D eigenvalue weighted by molar-refractivity contribution is 5.88. The standard InChI is InChI=1S/C18H25NO2/c1-12(2)15-5-4-13(3)10-17(15)21-11-16-18(20)14-6-8-19(16)9-7-14/h4-5,10,12,14,16H,6-9,11H2,1-3H3. The molecule has 21 heavy (non-hydrogen) atoms. The lowest BCUT2D eigenvalue weighted by molar-refractivity contribution is -0.138. The molecule has 4 rings (SSSR count). The molecular formula is C18H25NO2. The molecule has 1 unspecified atom stereocenters. The van der Waals surface area contributed by atoms with Crippen molar-refractivity contribution in [3.63, 3.8) is 0 Å². The van der Waals surface area contributed by atoms with Crippen LogP contribution in [0.1, 0.15) is 43.7 Å². The number of carbonyl (C=O) groups excluding carboxylic acids is 1. The minimum Gasteiger partial charge on any atom is -0.491 e. The number of ketones is 1. The van der Waals surface area contributed by atoms with Crippen molar-refractivity contribution >= 4 is 5.78 Å². The predicted octanol–water partition coefficient (Wildman–Crippen LogP) is 3.16. The first-order chi connectivity index (χ1) is 10.1. The lowest BCUT2D eigenvalue weighted by atomic mass is 9.82. The Hall–Kier alpha value is -1.35. The van der Waals surface area contributed by atoms with E-state index in [0.717, 1.165) is 31.7 Å². The van der Waals surface area contributed by atoms with E-state index in [1.54, 1.807) is 0 Å². The lowest BCUT2D eigenvalue weighted by Crippen LogP contribution is -2.57. The number of piperidine rings is 3. The molecule has 0 spiro atoms. The summed E-state index contributed by atoms with van der Waals surface area (Å²) in [5.41, 5.74) is 2.43. The van der Waals surface area contributed by atoms with E-state index >= 15 is 0 Å². The van der Waals surface area contributed by atoms with Crippen LogP contribution in [-0.4, -0.2) is 36.4 Å². The van der Waals surface area contributed by atoms with Gasteiger partial charge in [-0.2, -0.15) is 0 Å². The molecule has 1 aromatic rings. The number of Topliss-reactive ketones (excluding diaryl/α,β-unsaturated/α-hetero) is 1. The van der Waals surface area contributed by atoms with Gasteiger partial charge in [-0.3, -0.25) is 9.69 Å². The molecule has 2 bridgehead atoms. The van der Waals surface area contributed by atoms with Gasteiger partial charge < -0.3 is 4.74 Å². The Morgan fingerprint density at radius 1 is 1.29 bits per heavy atom. The lowest BCUT2D eigenvalue weighted by Gasteiger charge is -2.43. The van der Waals surface area contributed by atoms with Gasteiger partial charge in [0.25, 0.3) is 0 Å². The molecule has 3 heterocycles. The third kappa shape index (κ3) is 2.84. The maximum absolute atomic E-state index is 12.4. The molecule has 3 heteroatoms. The Bertz CT molecular complexity index is 530. The van der Waals surface area contributed by atoms with Gasteiger partial charge in [-0.05, 0) is 56.0 Å². The number of carbonyl (C=O) groups is 1. The maximum atomic E-state index is 12.4. The fraction of sp³-hybridized carbons (Fsp3) is 0.611. The van der Waals surface area contributed by atoms with Crippen LogP contribution in [0.4, 0.5) is 0 Å². The molecule has 1 atom stereocenters. The second-order valence-corrected chi connectivity index (χ2v) is 6.74. The summed E-state index contributed by atoms with van der Waals surface area (Å²) in [4.78, 5) is 14.7. The van der Waals surface area contributed by atoms with Crippen LogP contribution < -0.4 is 4.74 Å². The van der Waals surface area contributed by atoms with Crippen LogP contribution >= 0.6 is 0 Å². The highest BCUT2D eigenvalue weighted by Crippen LogP contribution is 2.31. The predicted molar refractivity (Wildman–Crippen MR) is 83.9 cm³/mol. The highest BCUT2D eigenvalue weighted by atomic mass is 16.5. The summed E-state index contributed by atoms with van der Waals surface area (Å²) in [6.45, 7) is 9.03. The minimum absolute atomic E-state index is 0.0296. The largest absolute Gasteiger partial charge is 0.491 e. The molecule has 3 nitrogen and oxygen atoms in total. The topological polar surface area (TPSA) is 29.5 Å². The molecule has 0 saturated carbocycles. The van der Waals surface area contributed by atoms with Crippen molar-refractivity contribution < 1.29 is 9.53 Å². The fourth-order valence-corrected chi connectivity index (χ4v) is 3.55. The van der Waals surface area contributed by atoms with Gasteiger partial charge in [0.2, 0.25) is 0 Å². The van der Waals surface area contributed by atoms with Crippen LogP contribution in [0.3, 0.4) is 0 Å². The Labute approximate surface area is 127 Å². The summed E-state index contributed by atoms with van der Waals surface area (Å²) in [7, 11) is 0. The molecule has 114 valence electrons. The molecule has 0 radical (unpaired) electrons. The Kier molecular flexibility index (Phi) is 4.03. The van der Waals surface area contributed by atoms with E-state index in [-0.39, 0.29) is 12.0 Å². The van der Waals surface area contributed by atoms with Crippen LogP contribution in [0, 0.1) is 12.8 Å². The number of hydrogen-bond acceptors (Lipinski definition) is 3. The van der Waals surface area contributed by atoms with E-state index in [2.05, 4.69) is 43.9 Å². The molecule has 0 amide bonds. The second-order valence-electron chi connectivity index (χ2n) is 6.74. The van der Waals surface area contributed by atoms with Gasteiger partial charge >= 0.3 is 0 Å². The van der Waals surface area contributed by atoms with E-state index in [1.165, 1.54) is 11.1 Å². The summed E-state index contributed by atoms with van der Waals surface area (Å²) >= 11 is 0. The van der Waals surface area contributed by atoms with Crippen molar-refractivity contribution in [1.82, 2.24) is 4.90 Å². The number of benzene rings is 1. The molecule has 3 aliphatic heterocycles. The number of aryl methyl sites for hydroxylation is 1. The average Bonchev–Trinajstić information content (AvgIpc) is 2.47. The van der Waals surface area contributed by atoms with Crippen LogP contribution in [-0.2, 0) is 4.79 Å². The normalized spacial score (nSPS) is 28.2. The Balaban J connectivity index is 1.73. The molecule has 3 aliphatic rings. The van der Waals surface area contributed by atoms with Gasteiger partial charge in [0, 0.05) is 5.92 Å². The number of nitrogens with zero attached hydrogens (tertiary/aromatic N) is 1. The molecule has 1 aromatic carbocycles. The maximum Gasteiger partial charge on any atom is 0.156 e. The quantitative estimate of drug-likeness (QED) is 0.852. The van der Waals surface area contributed by atoms with Crippen molar-refractivity contribution in [2.45, 2.75) is 45.6 Å². The fourth-order valence-electron chi connectivity index (χ4n) is 3.55. The first-order valence-corrected chi connectivity index (χ1v) is 8.07. The van der Waals surface area contributed by atoms with Gasteiger partial charge in [-0.1, -0.05) is 26.0 Å². The zero-order valence-electron chi connectivity index (χ0n) is 13.3. The number of hydrogen-bond donors (Lipinski definition) is 0. The average molecular weight is 287 g/mol. The van der Waals surface area contributed by atoms with E-state index < -0.39 is 0 Å². The summed E-state index contributed by atoms with van der Waals surface area (Å²) in [5, 5.41) is 0. The van der Waals surface area contributed by atoms with Gasteiger partial charge in [0.05, 0.1) is 0 Å². The Morgan fingerprint density at radius 3 is 2.62 bits per heavy atom. The van der Waals surface area contributed by atoms with Crippen molar-refractivity contribution in [1.29, 1.82) is 0 Å². The van der Waals surface area contributed by atoms with E-state index in [9.17, 15) is 4.79 Å². The van der Waals surface area contributed by atoms with Crippen LogP contribution in [0.25, 0.3) is 0 Å². The molecule has 0 N–H and O–H groups in total. The van der Waals surface area contributed by atoms with Gasteiger partial charge in [0.15, 0.2) is 5.78 Å². The zero-order valence-corrected chi connectivity index (χ0v) is 13.3. The van der Waals surface area contributed by atoms with Crippen molar-refractivity contribution in [2.24, 2.45) is 5.92 Å². The molecule has 3 fully saturated rings. The SMILES string of the molecule is Cc1ccc(C(C)C)c(OCC2C(=O)C3CCN2CC3)c1. The molecule has 0 aliphatic carbocycles. The van der Waals surface area contributed by atoms with E-state index in [4.69, 9.17) is 4.74 Å². The third-order valence-corrected chi connectivity index (χ3v) is 4.89. The van der Waals surface area contributed by atoms with E-state index in [1.807, 2.05) is 0 Å². The Morgan fingerprint density at radius 2 is 2.00 bits per heavy atom. The third-order valence-electron chi connectivity index (χ3n) is 4.89. The number of ether oxygens (including phenoxy) is 1. The second kappa shape index (κ2) is 5.80. The number of fused-ring (bicyclic) bond motifs is 3. The summed E-state index contributed by atoms with van der Waals surface area (Å²) in [6, 6.07) is 6.33.